The molecular weight excluding hydrogens is 316 g/mol. The molecule has 0 aromatic rings. The highest BCUT2D eigenvalue weighted by molar-refractivity contribution is 5.81. The lowest BCUT2D eigenvalue weighted by Gasteiger charge is -2.31. The van der Waals surface area contributed by atoms with Crippen LogP contribution in [0, 0.1) is 0 Å². The van der Waals surface area contributed by atoms with Gasteiger partial charge in [0.2, 0.25) is 0 Å². The molecule has 0 N–H and O–H groups in total. The Labute approximate surface area is 155 Å². The Morgan fingerprint density at radius 2 is 1.28 bits per heavy atom. The Hall–Kier alpha value is -1.10. The first-order chi connectivity index (χ1) is 11.8. The van der Waals surface area contributed by atoms with E-state index < -0.39 is 5.97 Å². The van der Waals surface area contributed by atoms with E-state index in [1.54, 1.807) is 0 Å². The molecule has 0 atom stereocenters. The molecule has 0 unspecified atom stereocenters. The third kappa shape index (κ3) is 14.9. The van der Waals surface area contributed by atoms with E-state index >= 15 is 0 Å². The van der Waals surface area contributed by atoms with Crippen LogP contribution in [0.2, 0.25) is 0 Å². The largest absolute Gasteiger partial charge is 0.548 e. The van der Waals surface area contributed by atoms with Crippen molar-refractivity contribution in [2.24, 2.45) is 0 Å². The van der Waals surface area contributed by atoms with E-state index in [0.717, 1.165) is 13.0 Å². The number of hydrogen-bond donors (Lipinski definition) is 0. The van der Waals surface area contributed by atoms with E-state index in [1.165, 1.54) is 76.2 Å². The van der Waals surface area contributed by atoms with Crippen LogP contribution in [0.4, 0.5) is 0 Å². The number of carbonyl (C=O) groups excluding carboxylic acids is 2. The molecule has 0 aromatic carbocycles. The van der Waals surface area contributed by atoms with Gasteiger partial charge < -0.3 is 19.3 Å². The first-order valence-electron chi connectivity index (χ1n) is 10.0. The first kappa shape index (κ1) is 23.9. The van der Waals surface area contributed by atoms with Gasteiger partial charge in [-0.15, -0.1) is 0 Å². The fourth-order valence-electron chi connectivity index (χ4n) is 3.05. The summed E-state index contributed by atoms with van der Waals surface area (Å²) >= 11 is 0. The van der Waals surface area contributed by atoms with E-state index in [0.29, 0.717) is 11.0 Å². The molecule has 5 nitrogen and oxygen atoms in total. The van der Waals surface area contributed by atoms with Crippen LogP contribution in [0.3, 0.4) is 0 Å². The van der Waals surface area contributed by atoms with Crippen molar-refractivity contribution >= 4 is 11.9 Å². The molecule has 0 bridgehead atoms. The van der Waals surface area contributed by atoms with Crippen LogP contribution in [0.25, 0.3) is 0 Å². The maximum Gasteiger partial charge on any atom is 0.277 e. The van der Waals surface area contributed by atoms with Gasteiger partial charge in [-0.1, -0.05) is 64.7 Å². The highest BCUT2D eigenvalue weighted by Gasteiger charge is 2.22. The summed E-state index contributed by atoms with van der Waals surface area (Å²) in [5.41, 5.74) is 0. The molecule has 0 aliphatic rings. The molecule has 0 aromatic heterocycles. The van der Waals surface area contributed by atoms with Crippen molar-refractivity contribution < 1.29 is 19.2 Å². The van der Waals surface area contributed by atoms with Crippen LogP contribution in [-0.4, -0.2) is 62.0 Å². The second-order valence-electron chi connectivity index (χ2n) is 7.97. The van der Waals surface area contributed by atoms with Gasteiger partial charge in [-0.05, 0) is 12.8 Å². The zero-order valence-electron chi connectivity index (χ0n) is 17.0. The summed E-state index contributed by atoms with van der Waals surface area (Å²) in [6.45, 7) is 3.20. The van der Waals surface area contributed by atoms with Crippen molar-refractivity contribution in [1.29, 1.82) is 0 Å². The molecule has 5 heteroatoms. The Morgan fingerprint density at radius 3 is 1.72 bits per heavy atom. The van der Waals surface area contributed by atoms with Crippen molar-refractivity contribution in [1.82, 2.24) is 4.90 Å². The van der Waals surface area contributed by atoms with Gasteiger partial charge in [0.15, 0.2) is 6.54 Å². The monoisotopic (exact) mass is 356 g/mol. The number of likely N-dealkylation sites (N-methyl/N-ethyl adjacent to an activating group) is 2. The lowest BCUT2D eigenvalue weighted by molar-refractivity contribution is -0.882. The fourth-order valence-corrected chi connectivity index (χ4v) is 3.05. The van der Waals surface area contributed by atoms with Crippen molar-refractivity contribution in [2.45, 2.75) is 77.6 Å². The Kier molecular flexibility index (Phi) is 13.5. The molecule has 0 fully saturated rings. The number of quaternary nitrogens is 1. The summed E-state index contributed by atoms with van der Waals surface area (Å²) in [5.74, 6) is -1.36. The maximum atomic E-state index is 12.0. The molecule has 0 saturated carbocycles. The smallest absolute Gasteiger partial charge is 0.277 e. The molecule has 0 heterocycles. The standard InChI is InChI=1S/C20H40N2O3/c1-5-6-7-8-9-10-11-12-13-14-15-16-22(3,4)18-19(23)21(2)17-20(24)25/h5-18H2,1-4H3. The average molecular weight is 357 g/mol. The van der Waals surface area contributed by atoms with E-state index in [2.05, 4.69) is 6.92 Å². The van der Waals surface area contributed by atoms with E-state index in [4.69, 9.17) is 0 Å². The van der Waals surface area contributed by atoms with E-state index in [1.807, 2.05) is 14.1 Å². The summed E-state index contributed by atoms with van der Waals surface area (Å²) < 4.78 is 0.605. The zero-order valence-corrected chi connectivity index (χ0v) is 17.0. The molecule has 0 rings (SSSR count). The molecule has 0 saturated heterocycles. The number of rotatable bonds is 16. The molecular formula is C20H40N2O3. The number of hydrogen-bond acceptors (Lipinski definition) is 3. The van der Waals surface area contributed by atoms with Gasteiger partial charge in [0.25, 0.3) is 5.91 Å². The van der Waals surface area contributed by atoms with Gasteiger partial charge >= 0.3 is 0 Å². The number of carbonyl (C=O) groups is 2. The predicted molar refractivity (Wildman–Crippen MR) is 101 cm³/mol. The van der Waals surface area contributed by atoms with Gasteiger partial charge in [0, 0.05) is 7.05 Å². The van der Waals surface area contributed by atoms with Crippen LogP contribution in [0.1, 0.15) is 77.6 Å². The molecule has 1 amide bonds. The van der Waals surface area contributed by atoms with Crippen molar-refractivity contribution in [3.05, 3.63) is 0 Å². The molecule has 0 radical (unpaired) electrons. The van der Waals surface area contributed by atoms with E-state index in [-0.39, 0.29) is 12.5 Å². The van der Waals surface area contributed by atoms with Crippen molar-refractivity contribution in [2.75, 3.05) is 40.8 Å². The van der Waals surface area contributed by atoms with Crippen LogP contribution in [0.15, 0.2) is 0 Å². The predicted octanol–water partition coefficient (Wildman–Crippen LogP) is 2.58. The summed E-state index contributed by atoms with van der Waals surface area (Å²) in [6, 6.07) is 0. The summed E-state index contributed by atoms with van der Waals surface area (Å²) in [6.07, 6.45) is 14.5. The van der Waals surface area contributed by atoms with Gasteiger partial charge in [0.05, 0.1) is 33.2 Å². The number of nitrogens with zero attached hydrogens (tertiary/aromatic N) is 2. The Bertz CT molecular complexity index is 370. The SMILES string of the molecule is CCCCCCCCCCCCC[N+](C)(C)CC(=O)N(C)CC(=O)[O-]. The summed E-state index contributed by atoms with van der Waals surface area (Å²) in [7, 11) is 5.57. The minimum atomic E-state index is -1.22. The third-order valence-electron chi connectivity index (χ3n) is 4.72. The molecule has 25 heavy (non-hydrogen) atoms. The Balaban J connectivity index is 3.65. The number of unbranched alkanes of at least 4 members (excludes halogenated alkanes) is 10. The van der Waals surface area contributed by atoms with Crippen LogP contribution >= 0.6 is 0 Å². The van der Waals surface area contributed by atoms with Crippen LogP contribution in [-0.2, 0) is 9.59 Å². The average Bonchev–Trinajstić information content (AvgIpc) is 2.51. The third-order valence-corrected chi connectivity index (χ3v) is 4.72. The maximum absolute atomic E-state index is 12.0. The normalized spacial score (nSPS) is 11.5. The molecule has 0 spiro atoms. The van der Waals surface area contributed by atoms with Gasteiger partial charge in [0.1, 0.15) is 0 Å². The van der Waals surface area contributed by atoms with Crippen molar-refractivity contribution in [3.8, 4) is 0 Å². The summed E-state index contributed by atoms with van der Waals surface area (Å²) in [5, 5.41) is 10.6. The quantitative estimate of drug-likeness (QED) is 0.315. The van der Waals surface area contributed by atoms with Crippen molar-refractivity contribution in [3.63, 3.8) is 0 Å². The fraction of sp³-hybridized carbons (Fsp3) is 0.900. The second kappa shape index (κ2) is 14.1. The topological polar surface area (TPSA) is 60.4 Å². The van der Waals surface area contributed by atoms with Gasteiger partial charge in [-0.25, -0.2) is 0 Å². The number of aliphatic carboxylic acids is 1. The van der Waals surface area contributed by atoms with E-state index in [9.17, 15) is 14.7 Å². The van der Waals surface area contributed by atoms with Crippen LogP contribution in [0.5, 0.6) is 0 Å². The minimum Gasteiger partial charge on any atom is -0.548 e. The Morgan fingerprint density at radius 1 is 0.840 bits per heavy atom. The van der Waals surface area contributed by atoms with Crippen LogP contribution < -0.4 is 5.11 Å². The summed E-state index contributed by atoms with van der Waals surface area (Å²) in [4.78, 5) is 23.8. The number of carboxylic acid groups (broad SMARTS) is 1. The number of amides is 1. The zero-order chi connectivity index (χ0) is 19.1. The lowest BCUT2D eigenvalue weighted by Crippen LogP contribution is -2.50. The molecule has 148 valence electrons. The highest BCUT2D eigenvalue weighted by atomic mass is 16.4. The first-order valence-corrected chi connectivity index (χ1v) is 10.0. The molecule has 0 aliphatic carbocycles. The number of carboxylic acids is 1. The highest BCUT2D eigenvalue weighted by Crippen LogP contribution is 2.12. The minimum absolute atomic E-state index is 0.141. The molecule has 0 aliphatic heterocycles. The second-order valence-corrected chi connectivity index (χ2v) is 7.97. The lowest BCUT2D eigenvalue weighted by atomic mass is 10.1. The van der Waals surface area contributed by atoms with Gasteiger partial charge in [-0.3, -0.25) is 4.79 Å². The van der Waals surface area contributed by atoms with Gasteiger partial charge in [-0.2, -0.15) is 0 Å².